The minimum atomic E-state index is -0.0990. The van der Waals surface area contributed by atoms with E-state index in [1.54, 1.807) is 19.4 Å². The molecule has 0 spiro atoms. The van der Waals surface area contributed by atoms with Gasteiger partial charge in [0.2, 0.25) is 5.91 Å². The number of fused-ring (bicyclic) bond motifs is 1. The molecule has 5 heteroatoms. The van der Waals surface area contributed by atoms with Crippen LogP contribution in [0.1, 0.15) is 38.3 Å². The van der Waals surface area contributed by atoms with Gasteiger partial charge in [0, 0.05) is 39.7 Å². The summed E-state index contributed by atoms with van der Waals surface area (Å²) in [6.07, 6.45) is 4.33. The first kappa shape index (κ1) is 22.0. The highest BCUT2D eigenvalue weighted by Crippen LogP contribution is 2.40. The average molecular weight is 426 g/mol. The number of hydrogen-bond donors (Lipinski definition) is 1. The number of carbonyl (C=O) groups is 1. The number of ether oxygens (including phenoxy) is 1. The predicted molar refractivity (Wildman–Crippen MR) is 124 cm³/mol. The topological polar surface area (TPSA) is 51.5 Å². The summed E-state index contributed by atoms with van der Waals surface area (Å²) in [6.45, 7) is 8.83. The van der Waals surface area contributed by atoms with Crippen LogP contribution in [0.4, 0.5) is 0 Å². The standard InChI is InChI=1S/C25H28ClNO3/c1-15(2)10-11-27-23(28)12-16(3)20-13-21-22(18-6-8-19(26)9-7-18)14-30-25(21)17(4)24(20)29-5/h6-9,12-15H,10-11H2,1-5H3,(H,27,28)/b16-12+. The molecule has 0 unspecified atom stereocenters. The number of allylic oxidation sites excluding steroid dienone is 1. The largest absolute Gasteiger partial charge is 0.496 e. The van der Waals surface area contributed by atoms with Crippen LogP contribution in [0.5, 0.6) is 5.75 Å². The van der Waals surface area contributed by atoms with Crippen molar-refractivity contribution in [2.45, 2.75) is 34.1 Å². The van der Waals surface area contributed by atoms with Crippen LogP contribution in [0.25, 0.3) is 27.7 Å². The van der Waals surface area contributed by atoms with E-state index < -0.39 is 0 Å². The molecule has 0 saturated carbocycles. The van der Waals surface area contributed by atoms with Crippen molar-refractivity contribution in [2.75, 3.05) is 13.7 Å². The molecule has 4 nitrogen and oxygen atoms in total. The highest BCUT2D eigenvalue weighted by Gasteiger charge is 2.18. The van der Waals surface area contributed by atoms with Gasteiger partial charge in [-0.25, -0.2) is 0 Å². The van der Waals surface area contributed by atoms with Gasteiger partial charge < -0.3 is 14.5 Å². The zero-order chi connectivity index (χ0) is 21.8. The van der Waals surface area contributed by atoms with Crippen molar-refractivity contribution in [3.05, 3.63) is 58.8 Å². The maximum Gasteiger partial charge on any atom is 0.244 e. The van der Waals surface area contributed by atoms with Crippen LogP contribution in [0.15, 0.2) is 47.1 Å². The minimum absolute atomic E-state index is 0.0990. The van der Waals surface area contributed by atoms with Gasteiger partial charge in [0.05, 0.1) is 13.4 Å². The molecule has 158 valence electrons. The number of amides is 1. The smallest absolute Gasteiger partial charge is 0.244 e. The Balaban J connectivity index is 2.03. The number of benzene rings is 2. The van der Waals surface area contributed by atoms with Gasteiger partial charge in [0.15, 0.2) is 0 Å². The van der Waals surface area contributed by atoms with Crippen molar-refractivity contribution < 1.29 is 13.9 Å². The second-order valence-corrected chi connectivity index (χ2v) is 8.35. The average Bonchev–Trinajstić information content (AvgIpc) is 3.12. The van der Waals surface area contributed by atoms with Crippen LogP contribution < -0.4 is 10.1 Å². The summed E-state index contributed by atoms with van der Waals surface area (Å²) in [5.74, 6) is 1.16. The van der Waals surface area contributed by atoms with Gasteiger partial charge in [0.1, 0.15) is 11.3 Å². The fourth-order valence-corrected chi connectivity index (χ4v) is 3.66. The molecule has 0 bridgehead atoms. The second-order valence-electron chi connectivity index (χ2n) is 7.92. The lowest BCUT2D eigenvalue weighted by atomic mass is 9.96. The molecule has 0 aliphatic heterocycles. The van der Waals surface area contributed by atoms with Crippen LogP contribution in [-0.4, -0.2) is 19.6 Å². The highest BCUT2D eigenvalue weighted by molar-refractivity contribution is 6.30. The van der Waals surface area contributed by atoms with E-state index in [-0.39, 0.29) is 5.91 Å². The normalized spacial score (nSPS) is 11.9. The lowest BCUT2D eigenvalue weighted by Gasteiger charge is -2.13. The van der Waals surface area contributed by atoms with Crippen LogP contribution in [0.3, 0.4) is 0 Å². The van der Waals surface area contributed by atoms with Crippen molar-refractivity contribution in [2.24, 2.45) is 5.92 Å². The predicted octanol–water partition coefficient (Wildman–Crippen LogP) is 6.64. The molecular formula is C25H28ClNO3. The number of aryl methyl sites for hydroxylation is 1. The SMILES string of the molecule is COc1c(/C(C)=C/C(=O)NCCC(C)C)cc2c(-c3ccc(Cl)cc3)coc2c1C. The third-order valence-corrected chi connectivity index (χ3v) is 5.45. The van der Waals surface area contributed by atoms with Gasteiger partial charge >= 0.3 is 0 Å². The van der Waals surface area contributed by atoms with Gasteiger partial charge in [-0.15, -0.1) is 0 Å². The first-order chi connectivity index (χ1) is 14.3. The first-order valence-electron chi connectivity index (χ1n) is 10.1. The maximum absolute atomic E-state index is 12.4. The monoisotopic (exact) mass is 425 g/mol. The van der Waals surface area contributed by atoms with Crippen molar-refractivity contribution in [1.29, 1.82) is 0 Å². The van der Waals surface area contributed by atoms with Gasteiger partial charge in [-0.1, -0.05) is 37.6 Å². The molecule has 1 amide bonds. The number of halogens is 1. The van der Waals surface area contributed by atoms with Crippen molar-refractivity contribution in [1.82, 2.24) is 5.32 Å². The summed E-state index contributed by atoms with van der Waals surface area (Å²) in [5.41, 5.74) is 5.37. The Kier molecular flexibility index (Phi) is 6.88. The Morgan fingerprint density at radius 2 is 1.97 bits per heavy atom. The third-order valence-electron chi connectivity index (χ3n) is 5.20. The molecule has 3 aromatic rings. The molecular weight excluding hydrogens is 398 g/mol. The summed E-state index contributed by atoms with van der Waals surface area (Å²) in [6, 6.07) is 9.69. The Morgan fingerprint density at radius 1 is 1.27 bits per heavy atom. The fraction of sp³-hybridized carbons (Fsp3) is 0.320. The zero-order valence-electron chi connectivity index (χ0n) is 18.1. The molecule has 0 fully saturated rings. The van der Waals surface area contributed by atoms with Gasteiger partial charge in [-0.2, -0.15) is 0 Å². The summed E-state index contributed by atoms with van der Waals surface area (Å²) in [4.78, 5) is 12.4. The maximum atomic E-state index is 12.4. The second kappa shape index (κ2) is 9.40. The lowest BCUT2D eigenvalue weighted by molar-refractivity contribution is -0.116. The van der Waals surface area contributed by atoms with E-state index in [1.165, 1.54) is 0 Å². The minimum Gasteiger partial charge on any atom is -0.496 e. The highest BCUT2D eigenvalue weighted by atomic mass is 35.5. The van der Waals surface area contributed by atoms with Crippen molar-refractivity contribution in [3.63, 3.8) is 0 Å². The van der Waals surface area contributed by atoms with Crippen LogP contribution >= 0.6 is 11.6 Å². The molecule has 2 aromatic carbocycles. The van der Waals surface area contributed by atoms with E-state index in [2.05, 4.69) is 19.2 Å². The molecule has 30 heavy (non-hydrogen) atoms. The van der Waals surface area contributed by atoms with Gasteiger partial charge in [-0.3, -0.25) is 4.79 Å². The van der Waals surface area contributed by atoms with Crippen molar-refractivity contribution >= 4 is 34.1 Å². The summed E-state index contributed by atoms with van der Waals surface area (Å²) in [7, 11) is 1.64. The number of nitrogens with one attached hydrogen (secondary N) is 1. The molecule has 1 N–H and O–H groups in total. The van der Waals surface area contributed by atoms with Crippen LogP contribution in [0, 0.1) is 12.8 Å². The number of furan rings is 1. The molecule has 0 radical (unpaired) electrons. The first-order valence-corrected chi connectivity index (χ1v) is 10.5. The fourth-order valence-electron chi connectivity index (χ4n) is 3.53. The van der Waals surface area contributed by atoms with E-state index in [0.29, 0.717) is 23.2 Å². The summed E-state index contributed by atoms with van der Waals surface area (Å²) >= 11 is 6.04. The lowest BCUT2D eigenvalue weighted by Crippen LogP contribution is -2.23. The molecule has 0 saturated heterocycles. The molecule has 1 heterocycles. The zero-order valence-corrected chi connectivity index (χ0v) is 18.9. The number of carbonyl (C=O) groups excluding carboxylic acids is 1. The number of methoxy groups -OCH3 is 1. The van der Waals surface area contributed by atoms with Gasteiger partial charge in [-0.05, 0) is 55.5 Å². The van der Waals surface area contributed by atoms with Crippen LogP contribution in [-0.2, 0) is 4.79 Å². The van der Waals surface area contributed by atoms with E-state index >= 15 is 0 Å². The molecule has 1 aromatic heterocycles. The molecule has 0 atom stereocenters. The third kappa shape index (κ3) is 4.71. The Labute approximate surface area is 182 Å². The Hall–Kier alpha value is -2.72. The van der Waals surface area contributed by atoms with E-state index in [1.807, 2.05) is 44.2 Å². The number of rotatable bonds is 7. The summed E-state index contributed by atoms with van der Waals surface area (Å²) in [5, 5.41) is 4.61. The quantitative estimate of drug-likeness (QED) is 0.432. The van der Waals surface area contributed by atoms with Crippen LogP contribution in [0.2, 0.25) is 5.02 Å². The Bertz CT molecular complexity index is 1080. The van der Waals surface area contributed by atoms with E-state index in [9.17, 15) is 4.79 Å². The molecule has 0 aliphatic rings. The van der Waals surface area contributed by atoms with Gasteiger partial charge in [0.25, 0.3) is 0 Å². The Morgan fingerprint density at radius 3 is 2.60 bits per heavy atom. The molecule has 0 aliphatic carbocycles. The van der Waals surface area contributed by atoms with Crippen molar-refractivity contribution in [3.8, 4) is 16.9 Å². The number of hydrogen-bond acceptors (Lipinski definition) is 3. The van der Waals surface area contributed by atoms with E-state index in [0.717, 1.165) is 45.2 Å². The molecule has 3 rings (SSSR count). The van der Waals surface area contributed by atoms with E-state index in [4.69, 9.17) is 20.8 Å². The summed E-state index contributed by atoms with van der Waals surface area (Å²) < 4.78 is 11.6.